The zero-order chi connectivity index (χ0) is 12.8. The number of fused-ring (bicyclic) bond motifs is 3. The van der Waals surface area contributed by atoms with E-state index in [0.717, 1.165) is 17.5 Å². The first-order valence-corrected chi connectivity index (χ1v) is 8.08. The van der Waals surface area contributed by atoms with Gasteiger partial charge >= 0.3 is 10.3 Å². The number of aryl methyl sites for hydroxylation is 2. The molecular formula is C12H13NO3S2. The first kappa shape index (κ1) is 12.0. The second-order valence-electron chi connectivity index (χ2n) is 4.44. The molecular weight excluding hydrogens is 270 g/mol. The van der Waals surface area contributed by atoms with Crippen molar-refractivity contribution in [1.82, 2.24) is 0 Å². The van der Waals surface area contributed by atoms with E-state index in [-0.39, 0.29) is 5.75 Å². The molecule has 6 heteroatoms. The Bertz CT molecular complexity index is 703. The minimum Gasteiger partial charge on any atom is -0.371 e. The summed E-state index contributed by atoms with van der Waals surface area (Å²) in [6, 6.07) is 5.34. The molecule has 2 aromatic rings. The fourth-order valence-corrected chi connectivity index (χ4v) is 4.13. The van der Waals surface area contributed by atoms with Gasteiger partial charge in [0.1, 0.15) is 5.75 Å². The summed E-state index contributed by atoms with van der Waals surface area (Å²) >= 11 is 1.72. The van der Waals surface area contributed by atoms with Crippen LogP contribution in [0.15, 0.2) is 18.2 Å². The van der Waals surface area contributed by atoms with Crippen LogP contribution in [0, 0.1) is 0 Å². The Kier molecular flexibility index (Phi) is 2.80. The fourth-order valence-electron chi connectivity index (χ4n) is 2.43. The van der Waals surface area contributed by atoms with Gasteiger partial charge in [0.25, 0.3) is 0 Å². The minimum absolute atomic E-state index is 0.281. The second kappa shape index (κ2) is 4.22. The van der Waals surface area contributed by atoms with Crippen LogP contribution in [0.4, 0.5) is 0 Å². The molecule has 0 saturated heterocycles. The molecule has 1 aromatic carbocycles. The van der Waals surface area contributed by atoms with Gasteiger partial charge < -0.3 is 4.18 Å². The summed E-state index contributed by atoms with van der Waals surface area (Å²) in [5.74, 6) is 0.281. The Balaban J connectivity index is 2.08. The van der Waals surface area contributed by atoms with E-state index in [2.05, 4.69) is 0 Å². The van der Waals surface area contributed by atoms with E-state index in [1.54, 1.807) is 23.5 Å². The molecule has 1 aliphatic carbocycles. The Morgan fingerprint density at radius 1 is 1.22 bits per heavy atom. The molecule has 0 bridgehead atoms. The molecule has 0 radical (unpaired) electrons. The highest BCUT2D eigenvalue weighted by Crippen LogP contribution is 2.37. The third-order valence-electron chi connectivity index (χ3n) is 3.14. The zero-order valence-corrected chi connectivity index (χ0v) is 11.3. The normalized spacial score (nSPS) is 15.6. The standard InChI is InChI=1S/C12H13NO3S2/c13-18(14,15)16-8-5-6-10-9-3-1-2-4-11(9)17-12(10)7-8/h5-7H,1-4H2,(H2,13,14,15). The van der Waals surface area contributed by atoms with Crippen LogP contribution in [0.3, 0.4) is 0 Å². The molecule has 1 aliphatic rings. The number of thiophene rings is 1. The molecule has 1 heterocycles. The van der Waals surface area contributed by atoms with Crippen LogP contribution in [-0.4, -0.2) is 8.42 Å². The average molecular weight is 283 g/mol. The Morgan fingerprint density at radius 2 is 2.00 bits per heavy atom. The van der Waals surface area contributed by atoms with Gasteiger partial charge in [-0.2, -0.15) is 13.6 Å². The third kappa shape index (κ3) is 2.23. The van der Waals surface area contributed by atoms with Gasteiger partial charge in [0.15, 0.2) is 0 Å². The van der Waals surface area contributed by atoms with E-state index >= 15 is 0 Å². The number of hydrogen-bond acceptors (Lipinski definition) is 4. The Hall–Kier alpha value is -1.11. The molecule has 0 aliphatic heterocycles. The van der Waals surface area contributed by atoms with Gasteiger partial charge in [0.2, 0.25) is 0 Å². The largest absolute Gasteiger partial charge is 0.380 e. The van der Waals surface area contributed by atoms with E-state index in [1.807, 2.05) is 6.07 Å². The van der Waals surface area contributed by atoms with Crippen molar-refractivity contribution < 1.29 is 12.6 Å². The molecule has 2 N–H and O–H groups in total. The van der Waals surface area contributed by atoms with Crippen molar-refractivity contribution in [3.63, 3.8) is 0 Å². The quantitative estimate of drug-likeness (QED) is 0.920. The van der Waals surface area contributed by atoms with E-state index in [1.165, 1.54) is 28.7 Å². The monoisotopic (exact) mass is 283 g/mol. The van der Waals surface area contributed by atoms with Crippen molar-refractivity contribution in [2.45, 2.75) is 25.7 Å². The first-order valence-electron chi connectivity index (χ1n) is 5.79. The maximum Gasteiger partial charge on any atom is 0.380 e. The van der Waals surface area contributed by atoms with Crippen molar-refractivity contribution in [2.24, 2.45) is 5.14 Å². The topological polar surface area (TPSA) is 69.4 Å². The predicted molar refractivity (Wildman–Crippen MR) is 72.2 cm³/mol. The predicted octanol–water partition coefficient (Wildman–Crippen LogP) is 2.36. The van der Waals surface area contributed by atoms with Crippen LogP contribution in [0.25, 0.3) is 10.1 Å². The highest BCUT2D eigenvalue weighted by atomic mass is 32.2. The van der Waals surface area contributed by atoms with Gasteiger partial charge in [-0.1, -0.05) is 0 Å². The highest BCUT2D eigenvalue weighted by Gasteiger charge is 2.16. The fraction of sp³-hybridized carbons (Fsp3) is 0.333. The molecule has 1 aromatic heterocycles. The molecule has 3 rings (SSSR count). The van der Waals surface area contributed by atoms with Crippen LogP contribution in [0.1, 0.15) is 23.3 Å². The van der Waals surface area contributed by atoms with Gasteiger partial charge in [0, 0.05) is 9.58 Å². The van der Waals surface area contributed by atoms with E-state index < -0.39 is 10.3 Å². The first-order chi connectivity index (χ1) is 8.53. The number of hydrogen-bond donors (Lipinski definition) is 1. The lowest BCUT2D eigenvalue weighted by atomic mass is 9.96. The van der Waals surface area contributed by atoms with Crippen LogP contribution < -0.4 is 9.32 Å². The molecule has 0 amide bonds. The maximum absolute atomic E-state index is 10.9. The van der Waals surface area contributed by atoms with Gasteiger partial charge in [0.05, 0.1) is 0 Å². The lowest BCUT2D eigenvalue weighted by Gasteiger charge is -2.10. The van der Waals surface area contributed by atoms with E-state index in [4.69, 9.17) is 9.32 Å². The maximum atomic E-state index is 10.9. The summed E-state index contributed by atoms with van der Waals surface area (Å²) in [5.41, 5.74) is 1.42. The Labute approximate surface area is 110 Å². The van der Waals surface area contributed by atoms with Crippen molar-refractivity contribution in [3.8, 4) is 5.75 Å². The van der Waals surface area contributed by atoms with Crippen molar-refractivity contribution in [3.05, 3.63) is 28.6 Å². The highest BCUT2D eigenvalue weighted by molar-refractivity contribution is 7.84. The van der Waals surface area contributed by atoms with Crippen molar-refractivity contribution in [1.29, 1.82) is 0 Å². The lowest BCUT2D eigenvalue weighted by Crippen LogP contribution is -2.18. The summed E-state index contributed by atoms with van der Waals surface area (Å²) in [6.45, 7) is 0. The molecule has 0 spiro atoms. The number of rotatable bonds is 2. The van der Waals surface area contributed by atoms with Crippen molar-refractivity contribution >= 4 is 31.7 Å². The third-order valence-corrected chi connectivity index (χ3v) is 4.82. The summed E-state index contributed by atoms with van der Waals surface area (Å²) in [7, 11) is -3.94. The molecule has 18 heavy (non-hydrogen) atoms. The summed E-state index contributed by atoms with van der Waals surface area (Å²) in [6.07, 6.45) is 4.71. The number of benzene rings is 1. The minimum atomic E-state index is -3.94. The summed E-state index contributed by atoms with van der Waals surface area (Å²) in [5, 5.41) is 6.08. The van der Waals surface area contributed by atoms with Gasteiger partial charge in [-0.25, -0.2) is 0 Å². The SMILES string of the molecule is NS(=O)(=O)Oc1ccc2c3c(sc2c1)CCCC3. The van der Waals surface area contributed by atoms with Gasteiger partial charge in [-0.15, -0.1) is 11.3 Å². The van der Waals surface area contributed by atoms with Crippen molar-refractivity contribution in [2.75, 3.05) is 0 Å². The summed E-state index contributed by atoms with van der Waals surface area (Å²) < 4.78 is 27.6. The smallest absolute Gasteiger partial charge is 0.371 e. The zero-order valence-electron chi connectivity index (χ0n) is 9.68. The second-order valence-corrected chi connectivity index (χ2v) is 6.73. The molecule has 4 nitrogen and oxygen atoms in total. The molecule has 96 valence electrons. The van der Waals surface area contributed by atoms with E-state index in [9.17, 15) is 8.42 Å². The molecule has 0 saturated carbocycles. The van der Waals surface area contributed by atoms with Crippen LogP contribution in [0.5, 0.6) is 5.75 Å². The average Bonchev–Trinajstić information content (AvgIpc) is 2.64. The Morgan fingerprint density at radius 3 is 2.78 bits per heavy atom. The van der Waals surface area contributed by atoms with Crippen LogP contribution in [0.2, 0.25) is 0 Å². The van der Waals surface area contributed by atoms with Gasteiger partial charge in [-0.3, -0.25) is 0 Å². The number of nitrogens with two attached hydrogens (primary N) is 1. The molecule has 0 atom stereocenters. The van der Waals surface area contributed by atoms with Gasteiger partial charge in [-0.05, 0) is 54.8 Å². The molecule has 0 fully saturated rings. The molecule has 0 unspecified atom stereocenters. The van der Waals surface area contributed by atoms with E-state index in [0.29, 0.717) is 0 Å². The van der Waals surface area contributed by atoms with Crippen LogP contribution >= 0.6 is 11.3 Å². The lowest BCUT2D eigenvalue weighted by molar-refractivity contribution is 0.488. The summed E-state index contributed by atoms with van der Waals surface area (Å²) in [4.78, 5) is 1.42. The van der Waals surface area contributed by atoms with Crippen LogP contribution in [-0.2, 0) is 23.1 Å².